The normalized spacial score (nSPS) is 55.7. The summed E-state index contributed by atoms with van der Waals surface area (Å²) in [7, 11) is 0. The van der Waals surface area contributed by atoms with Gasteiger partial charge < -0.3 is 5.11 Å². The summed E-state index contributed by atoms with van der Waals surface area (Å²) in [5, 5.41) is 10.1. The summed E-state index contributed by atoms with van der Waals surface area (Å²) in [4.78, 5) is 12.2. The van der Waals surface area contributed by atoms with Crippen LogP contribution in [0.3, 0.4) is 0 Å². The largest absolute Gasteiger partial charge is 0.393 e. The van der Waals surface area contributed by atoms with Crippen LogP contribution in [-0.4, -0.2) is 17.0 Å². The Morgan fingerprint density at radius 1 is 0.913 bits per heavy atom. The molecule has 130 valence electrons. The molecule has 0 spiro atoms. The number of carbonyl (C=O) groups excluding carboxylic acids is 1. The fourth-order valence-corrected chi connectivity index (χ4v) is 7.90. The molecule has 2 nitrogen and oxygen atoms in total. The lowest BCUT2D eigenvalue weighted by molar-refractivity contribution is -0.138. The summed E-state index contributed by atoms with van der Waals surface area (Å²) >= 11 is 0. The van der Waals surface area contributed by atoms with E-state index in [-0.39, 0.29) is 11.5 Å². The van der Waals surface area contributed by atoms with Crippen LogP contribution in [0.4, 0.5) is 0 Å². The molecule has 0 saturated heterocycles. The van der Waals surface area contributed by atoms with Gasteiger partial charge in [0.2, 0.25) is 0 Å². The van der Waals surface area contributed by atoms with E-state index in [0.29, 0.717) is 17.1 Å². The summed E-state index contributed by atoms with van der Waals surface area (Å²) in [5.74, 6) is 3.97. The monoisotopic (exact) mass is 318 g/mol. The molecule has 4 fully saturated rings. The fraction of sp³-hybridized carbons (Fsp3) is 0.952. The van der Waals surface area contributed by atoms with Gasteiger partial charge in [-0.25, -0.2) is 0 Å². The first kappa shape index (κ1) is 16.1. The molecule has 8 atom stereocenters. The maximum absolute atomic E-state index is 12.2. The molecule has 2 heteroatoms. The quantitative estimate of drug-likeness (QED) is 0.767. The molecule has 0 unspecified atom stereocenters. The van der Waals surface area contributed by atoms with Gasteiger partial charge in [-0.05, 0) is 99.2 Å². The van der Waals surface area contributed by atoms with Crippen molar-refractivity contribution in [3.8, 4) is 0 Å². The summed E-state index contributed by atoms with van der Waals surface area (Å²) in [6.45, 7) is 6.80. The fourth-order valence-electron chi connectivity index (χ4n) is 7.90. The standard InChI is InChI=1S/C21H34O2/c1-13(22)17-6-7-18-16-5-4-14-12-15(23)8-10-20(14,2)19(16)9-11-21(17,18)3/h14-19,23H,4-12H2,1-3H3/t14-,15+,16-,17+,18+,19-,20-,21+/m0/s1. The zero-order valence-corrected chi connectivity index (χ0v) is 15.2. The van der Waals surface area contributed by atoms with Crippen molar-refractivity contribution in [3.05, 3.63) is 0 Å². The van der Waals surface area contributed by atoms with Gasteiger partial charge in [0.15, 0.2) is 0 Å². The Balaban J connectivity index is 1.61. The minimum atomic E-state index is -0.0490. The van der Waals surface area contributed by atoms with Gasteiger partial charge in [0.25, 0.3) is 0 Å². The first-order valence-electron chi connectivity index (χ1n) is 10.0. The van der Waals surface area contributed by atoms with Gasteiger partial charge in [0.05, 0.1) is 6.10 Å². The third-order valence-corrected chi connectivity index (χ3v) is 9.13. The van der Waals surface area contributed by atoms with Crippen LogP contribution in [-0.2, 0) is 4.79 Å². The van der Waals surface area contributed by atoms with Crippen LogP contribution < -0.4 is 0 Å². The van der Waals surface area contributed by atoms with Crippen molar-refractivity contribution in [1.29, 1.82) is 0 Å². The van der Waals surface area contributed by atoms with E-state index in [9.17, 15) is 9.90 Å². The summed E-state index contributed by atoms with van der Waals surface area (Å²) in [5.41, 5.74) is 0.738. The van der Waals surface area contributed by atoms with E-state index in [1.54, 1.807) is 0 Å². The van der Waals surface area contributed by atoms with Crippen LogP contribution in [0.2, 0.25) is 0 Å². The second-order valence-electron chi connectivity index (χ2n) is 9.87. The number of aliphatic hydroxyl groups is 1. The lowest BCUT2D eigenvalue weighted by atomic mass is 9.44. The van der Waals surface area contributed by atoms with Crippen LogP contribution in [0.15, 0.2) is 0 Å². The van der Waals surface area contributed by atoms with Gasteiger partial charge in [-0.1, -0.05) is 13.8 Å². The number of aliphatic hydroxyl groups excluding tert-OH is 1. The zero-order valence-electron chi connectivity index (χ0n) is 15.2. The highest BCUT2D eigenvalue weighted by Gasteiger charge is 2.60. The van der Waals surface area contributed by atoms with Crippen molar-refractivity contribution in [2.75, 3.05) is 0 Å². The molecular formula is C21H34O2. The average molecular weight is 319 g/mol. The van der Waals surface area contributed by atoms with Crippen LogP contribution in [0.5, 0.6) is 0 Å². The highest BCUT2D eigenvalue weighted by atomic mass is 16.3. The van der Waals surface area contributed by atoms with Crippen molar-refractivity contribution in [1.82, 2.24) is 0 Å². The van der Waals surface area contributed by atoms with E-state index in [1.165, 1.54) is 38.5 Å². The first-order valence-corrected chi connectivity index (χ1v) is 10.0. The second-order valence-corrected chi connectivity index (χ2v) is 9.87. The van der Waals surface area contributed by atoms with E-state index in [0.717, 1.165) is 42.9 Å². The predicted molar refractivity (Wildman–Crippen MR) is 91.9 cm³/mol. The number of Topliss-reactive ketones (excluding diaryl/α,β-unsaturated/α-hetero) is 1. The second kappa shape index (κ2) is 5.31. The molecule has 0 aromatic rings. The molecule has 1 N–H and O–H groups in total. The minimum absolute atomic E-state index is 0.0490. The molecule has 0 heterocycles. The summed E-state index contributed by atoms with van der Waals surface area (Å²) < 4.78 is 0. The molecule has 0 bridgehead atoms. The Bertz CT molecular complexity index is 500. The number of ketones is 1. The molecule has 0 aromatic heterocycles. The van der Waals surface area contributed by atoms with E-state index in [2.05, 4.69) is 13.8 Å². The van der Waals surface area contributed by atoms with Crippen molar-refractivity contribution >= 4 is 5.78 Å². The Kier molecular flexibility index (Phi) is 3.72. The molecule has 4 aliphatic rings. The van der Waals surface area contributed by atoms with Gasteiger partial charge in [0.1, 0.15) is 5.78 Å². The molecule has 4 aliphatic carbocycles. The predicted octanol–water partition coefficient (Wildman–Crippen LogP) is 4.60. The lowest BCUT2D eigenvalue weighted by Crippen LogP contribution is -2.54. The first-order chi connectivity index (χ1) is 10.9. The lowest BCUT2D eigenvalue weighted by Gasteiger charge is -2.60. The maximum Gasteiger partial charge on any atom is 0.133 e. The Labute approximate surface area is 141 Å². The zero-order chi connectivity index (χ0) is 16.4. The molecule has 0 radical (unpaired) electrons. The number of hydrogen-bond acceptors (Lipinski definition) is 2. The number of fused-ring (bicyclic) bond motifs is 5. The van der Waals surface area contributed by atoms with Crippen molar-refractivity contribution in [3.63, 3.8) is 0 Å². The van der Waals surface area contributed by atoms with E-state index in [4.69, 9.17) is 0 Å². The Morgan fingerprint density at radius 2 is 1.61 bits per heavy atom. The van der Waals surface area contributed by atoms with Gasteiger partial charge in [-0.3, -0.25) is 4.79 Å². The van der Waals surface area contributed by atoms with Gasteiger partial charge in [0, 0.05) is 5.92 Å². The van der Waals surface area contributed by atoms with Crippen molar-refractivity contribution in [2.45, 2.75) is 84.7 Å². The SMILES string of the molecule is CC(=O)[C@H]1CC[C@@H]2[C@@H]3CC[C@H]4C[C@H](O)CC[C@]4(C)[C@H]3CC[C@]12C. The molecule has 4 saturated carbocycles. The highest BCUT2D eigenvalue weighted by Crippen LogP contribution is 2.67. The van der Waals surface area contributed by atoms with Gasteiger partial charge in [-0.2, -0.15) is 0 Å². The maximum atomic E-state index is 12.2. The van der Waals surface area contributed by atoms with Crippen LogP contribution in [0.1, 0.15) is 78.6 Å². The molecule has 4 rings (SSSR count). The van der Waals surface area contributed by atoms with Gasteiger partial charge in [-0.15, -0.1) is 0 Å². The van der Waals surface area contributed by atoms with Crippen LogP contribution in [0.25, 0.3) is 0 Å². The Morgan fingerprint density at radius 3 is 2.35 bits per heavy atom. The number of carbonyl (C=O) groups is 1. The smallest absolute Gasteiger partial charge is 0.133 e. The average Bonchev–Trinajstić information content (AvgIpc) is 2.85. The van der Waals surface area contributed by atoms with Crippen LogP contribution in [0, 0.1) is 40.4 Å². The molecule has 0 amide bonds. The van der Waals surface area contributed by atoms with Crippen molar-refractivity contribution in [2.24, 2.45) is 40.4 Å². The topological polar surface area (TPSA) is 37.3 Å². The third kappa shape index (κ3) is 2.19. The minimum Gasteiger partial charge on any atom is -0.393 e. The molecular weight excluding hydrogens is 284 g/mol. The third-order valence-electron chi connectivity index (χ3n) is 9.13. The number of rotatable bonds is 1. The summed E-state index contributed by atoms with van der Waals surface area (Å²) in [6.07, 6.45) is 10.9. The van der Waals surface area contributed by atoms with E-state index in [1.807, 2.05) is 6.92 Å². The van der Waals surface area contributed by atoms with Crippen molar-refractivity contribution < 1.29 is 9.90 Å². The van der Waals surface area contributed by atoms with E-state index < -0.39 is 0 Å². The van der Waals surface area contributed by atoms with E-state index >= 15 is 0 Å². The molecule has 23 heavy (non-hydrogen) atoms. The molecule has 0 aliphatic heterocycles. The Hall–Kier alpha value is -0.370. The molecule has 0 aromatic carbocycles. The van der Waals surface area contributed by atoms with Crippen LogP contribution >= 0.6 is 0 Å². The van der Waals surface area contributed by atoms with Gasteiger partial charge >= 0.3 is 0 Å². The highest BCUT2D eigenvalue weighted by molar-refractivity contribution is 5.79. The number of hydrogen-bond donors (Lipinski definition) is 1. The summed E-state index contributed by atoms with van der Waals surface area (Å²) in [6, 6.07) is 0.